The van der Waals surface area contributed by atoms with Crippen molar-refractivity contribution in [3.63, 3.8) is 0 Å². The van der Waals surface area contributed by atoms with Crippen LogP contribution in [0.2, 0.25) is 5.02 Å². The Kier molecular flexibility index (Phi) is 5.67. The maximum absolute atomic E-state index is 5.94. The molecule has 2 heterocycles. The van der Waals surface area contributed by atoms with Gasteiger partial charge in [0.05, 0.1) is 6.33 Å². The highest BCUT2D eigenvalue weighted by Crippen LogP contribution is 2.22. The van der Waals surface area contributed by atoms with Gasteiger partial charge in [-0.05, 0) is 24.1 Å². The first kappa shape index (κ1) is 17.4. The Morgan fingerprint density at radius 1 is 1.16 bits per heavy atom. The second kappa shape index (κ2) is 8.13. The van der Waals surface area contributed by atoms with E-state index < -0.39 is 0 Å². The van der Waals surface area contributed by atoms with E-state index >= 15 is 0 Å². The number of nitrogens with one attached hydrogen (secondary N) is 2. The van der Waals surface area contributed by atoms with Crippen molar-refractivity contribution in [1.29, 1.82) is 0 Å². The van der Waals surface area contributed by atoms with E-state index in [1.54, 1.807) is 0 Å². The largest absolute Gasteiger partial charge is 0.364 e. The lowest BCUT2D eigenvalue weighted by Crippen LogP contribution is -2.16. The number of hydrogen-bond donors (Lipinski definition) is 3. The molecule has 1 aromatic carbocycles. The number of fused-ring (bicyclic) bond motifs is 1. The highest BCUT2D eigenvalue weighted by atomic mass is 35.5. The molecule has 2 aromatic heterocycles. The quantitative estimate of drug-likeness (QED) is 0.572. The van der Waals surface area contributed by atoms with Crippen molar-refractivity contribution in [2.45, 2.75) is 26.4 Å². The van der Waals surface area contributed by atoms with Gasteiger partial charge in [-0.2, -0.15) is 9.97 Å². The third-order valence-electron chi connectivity index (χ3n) is 3.73. The summed E-state index contributed by atoms with van der Waals surface area (Å²) in [5.74, 6) is 1.25. The topological polar surface area (TPSA) is 93.7 Å². The van der Waals surface area contributed by atoms with Gasteiger partial charge in [0.25, 0.3) is 0 Å². The molecule has 0 aliphatic heterocycles. The number of halogens is 1. The molecule has 3 rings (SSSR count). The van der Waals surface area contributed by atoms with E-state index in [9.17, 15) is 0 Å². The smallest absolute Gasteiger partial charge is 0.226 e. The Balaban J connectivity index is 1.89. The van der Waals surface area contributed by atoms with E-state index in [1.165, 1.54) is 0 Å². The fourth-order valence-electron chi connectivity index (χ4n) is 2.52. The second-order valence-electron chi connectivity index (χ2n) is 5.70. The molecule has 0 aliphatic carbocycles. The maximum Gasteiger partial charge on any atom is 0.226 e. The van der Waals surface area contributed by atoms with Crippen molar-refractivity contribution in [3.8, 4) is 0 Å². The molecule has 0 amide bonds. The van der Waals surface area contributed by atoms with Gasteiger partial charge in [0.2, 0.25) is 5.95 Å². The van der Waals surface area contributed by atoms with Gasteiger partial charge in [-0.15, -0.1) is 0 Å². The van der Waals surface area contributed by atoms with Crippen LogP contribution in [0, 0.1) is 0 Å². The molecule has 0 spiro atoms. The van der Waals surface area contributed by atoms with Crippen LogP contribution >= 0.6 is 11.6 Å². The summed E-state index contributed by atoms with van der Waals surface area (Å²) in [5, 5.41) is 7.22. The monoisotopic (exact) mass is 359 g/mol. The summed E-state index contributed by atoms with van der Waals surface area (Å²) in [6, 6.07) is 7.71. The summed E-state index contributed by atoms with van der Waals surface area (Å²) < 4.78 is 2.04. The number of benzene rings is 1. The zero-order valence-electron chi connectivity index (χ0n) is 14.2. The maximum atomic E-state index is 5.94. The molecule has 7 nitrogen and oxygen atoms in total. The van der Waals surface area contributed by atoms with Crippen LogP contribution in [0.4, 0.5) is 11.8 Å². The van der Waals surface area contributed by atoms with Gasteiger partial charge in [0.15, 0.2) is 17.0 Å². The Morgan fingerprint density at radius 3 is 2.68 bits per heavy atom. The van der Waals surface area contributed by atoms with Crippen LogP contribution < -0.4 is 16.4 Å². The molecule has 0 fully saturated rings. The third kappa shape index (κ3) is 4.18. The summed E-state index contributed by atoms with van der Waals surface area (Å²) >= 11 is 5.94. The zero-order valence-corrected chi connectivity index (χ0v) is 14.9. The van der Waals surface area contributed by atoms with E-state index in [1.807, 2.05) is 35.2 Å². The molecule has 0 radical (unpaired) electrons. The van der Waals surface area contributed by atoms with Gasteiger partial charge in [0.1, 0.15) is 0 Å². The van der Waals surface area contributed by atoms with Crippen LogP contribution in [0.3, 0.4) is 0 Å². The van der Waals surface area contributed by atoms with Crippen molar-refractivity contribution in [2.75, 3.05) is 23.7 Å². The second-order valence-corrected chi connectivity index (χ2v) is 6.14. The number of imidazole rings is 1. The Morgan fingerprint density at radius 2 is 1.96 bits per heavy atom. The number of nitrogens with two attached hydrogens (primary N) is 1. The van der Waals surface area contributed by atoms with Gasteiger partial charge < -0.3 is 20.9 Å². The van der Waals surface area contributed by atoms with E-state index in [4.69, 9.17) is 17.3 Å². The normalized spacial score (nSPS) is 11.0. The number of aromatic nitrogens is 4. The minimum atomic E-state index is 0.517. The number of aryl methyl sites for hydroxylation is 1. The van der Waals surface area contributed by atoms with E-state index in [-0.39, 0.29) is 0 Å². The minimum Gasteiger partial charge on any atom is -0.364 e. The lowest BCUT2D eigenvalue weighted by Gasteiger charge is -2.10. The standard InChI is InChI=1S/C17H22ClN7/c1-2-9-25-11-22-14-15(21-10-12-3-5-13(18)6-4-12)23-17(20-8-7-19)24-16(14)25/h3-6,11H,2,7-10,19H2,1H3,(H2,20,21,23,24). The van der Waals surface area contributed by atoms with Crippen LogP contribution in [0.5, 0.6) is 0 Å². The highest BCUT2D eigenvalue weighted by molar-refractivity contribution is 6.30. The fraction of sp³-hybridized carbons (Fsp3) is 0.353. The predicted octanol–water partition coefficient (Wildman–Crippen LogP) is 2.87. The van der Waals surface area contributed by atoms with Gasteiger partial charge in [0, 0.05) is 31.2 Å². The zero-order chi connectivity index (χ0) is 17.6. The molecule has 25 heavy (non-hydrogen) atoms. The van der Waals surface area contributed by atoms with Crippen LogP contribution in [0.1, 0.15) is 18.9 Å². The van der Waals surface area contributed by atoms with Crippen molar-refractivity contribution >= 4 is 34.5 Å². The molecule has 8 heteroatoms. The molecule has 0 bridgehead atoms. The van der Waals surface area contributed by atoms with Crippen molar-refractivity contribution in [3.05, 3.63) is 41.2 Å². The Hall–Kier alpha value is -2.38. The lowest BCUT2D eigenvalue weighted by molar-refractivity contribution is 0.691. The van der Waals surface area contributed by atoms with Crippen LogP contribution in [0.15, 0.2) is 30.6 Å². The van der Waals surface area contributed by atoms with Gasteiger partial charge in [-0.3, -0.25) is 0 Å². The van der Waals surface area contributed by atoms with Gasteiger partial charge in [-0.25, -0.2) is 4.98 Å². The first-order valence-corrected chi connectivity index (χ1v) is 8.74. The molecule has 3 aromatic rings. The minimum absolute atomic E-state index is 0.517. The molecular formula is C17H22ClN7. The summed E-state index contributed by atoms with van der Waals surface area (Å²) in [4.78, 5) is 13.6. The van der Waals surface area contributed by atoms with Crippen LogP contribution in [0.25, 0.3) is 11.2 Å². The third-order valence-corrected chi connectivity index (χ3v) is 3.98. The Bertz CT molecular complexity index is 829. The first-order valence-electron chi connectivity index (χ1n) is 8.36. The number of rotatable bonds is 8. The van der Waals surface area contributed by atoms with Gasteiger partial charge in [-0.1, -0.05) is 30.7 Å². The number of anilines is 2. The SMILES string of the molecule is CCCn1cnc2c(NCc3ccc(Cl)cc3)nc(NCCN)nc21. The van der Waals surface area contributed by atoms with Crippen LogP contribution in [-0.2, 0) is 13.1 Å². The van der Waals surface area contributed by atoms with Gasteiger partial charge >= 0.3 is 0 Å². The summed E-state index contributed by atoms with van der Waals surface area (Å²) in [5.41, 5.74) is 8.26. The lowest BCUT2D eigenvalue weighted by atomic mass is 10.2. The molecule has 4 N–H and O–H groups in total. The summed E-state index contributed by atoms with van der Waals surface area (Å²) in [6.07, 6.45) is 2.82. The van der Waals surface area contributed by atoms with E-state index in [2.05, 4.69) is 32.5 Å². The molecule has 0 aliphatic rings. The first-order chi connectivity index (χ1) is 12.2. The average molecular weight is 360 g/mol. The fourth-order valence-corrected chi connectivity index (χ4v) is 2.65. The van der Waals surface area contributed by atoms with Crippen LogP contribution in [-0.4, -0.2) is 32.6 Å². The number of nitrogens with zero attached hydrogens (tertiary/aromatic N) is 4. The van der Waals surface area contributed by atoms with Crippen molar-refractivity contribution in [1.82, 2.24) is 19.5 Å². The van der Waals surface area contributed by atoms with E-state index in [0.29, 0.717) is 31.4 Å². The predicted molar refractivity (Wildman–Crippen MR) is 102 cm³/mol. The molecule has 132 valence electrons. The summed E-state index contributed by atoms with van der Waals surface area (Å²) in [7, 11) is 0. The Labute approximate surface area is 151 Å². The number of hydrogen-bond acceptors (Lipinski definition) is 6. The average Bonchev–Trinajstić information content (AvgIpc) is 3.03. The summed E-state index contributed by atoms with van der Waals surface area (Å²) in [6.45, 7) is 4.74. The molecule has 0 unspecified atom stereocenters. The molecule has 0 atom stereocenters. The molecule has 0 saturated carbocycles. The molecular weight excluding hydrogens is 338 g/mol. The highest BCUT2D eigenvalue weighted by Gasteiger charge is 2.13. The van der Waals surface area contributed by atoms with E-state index in [0.717, 1.165) is 34.7 Å². The van der Waals surface area contributed by atoms with Crippen molar-refractivity contribution < 1.29 is 0 Å². The van der Waals surface area contributed by atoms with Crippen molar-refractivity contribution in [2.24, 2.45) is 5.73 Å². The molecule has 0 saturated heterocycles.